The molecule has 2 rings (SSSR count). The standard InChI is InChI=1S/C14H11Cl2F3N2O2/c15-7-3-6(14(17,18)19)4-8(16)13(7)11-2-1-10(23-11)9(20)5-12(21)22/h1-4,9H,5,20H2,(H2,21,22). The first-order chi connectivity index (χ1) is 10.6. The summed E-state index contributed by atoms with van der Waals surface area (Å²) in [6.07, 6.45) is -4.70. The van der Waals surface area contributed by atoms with Gasteiger partial charge in [-0.25, -0.2) is 0 Å². The van der Waals surface area contributed by atoms with Crippen LogP contribution in [0.3, 0.4) is 0 Å². The Kier molecular flexibility index (Phi) is 4.93. The van der Waals surface area contributed by atoms with Gasteiger partial charge in [-0.3, -0.25) is 4.79 Å². The third-order valence-electron chi connectivity index (χ3n) is 3.03. The Morgan fingerprint density at radius 1 is 1.22 bits per heavy atom. The molecule has 0 spiro atoms. The minimum Gasteiger partial charge on any atom is -0.459 e. The Bertz CT molecular complexity index is 721. The maximum absolute atomic E-state index is 12.7. The zero-order valence-corrected chi connectivity index (χ0v) is 13.0. The zero-order chi connectivity index (χ0) is 17.4. The Morgan fingerprint density at radius 3 is 2.26 bits per heavy atom. The average molecular weight is 367 g/mol. The first kappa shape index (κ1) is 17.7. The van der Waals surface area contributed by atoms with Gasteiger partial charge in [-0.15, -0.1) is 0 Å². The van der Waals surface area contributed by atoms with Crippen molar-refractivity contribution in [1.29, 1.82) is 0 Å². The second-order valence-electron chi connectivity index (χ2n) is 4.79. The quantitative estimate of drug-likeness (QED) is 0.852. The molecule has 1 aromatic carbocycles. The summed E-state index contributed by atoms with van der Waals surface area (Å²) >= 11 is 11.8. The number of benzene rings is 1. The highest BCUT2D eigenvalue weighted by Gasteiger charge is 2.32. The molecule has 1 atom stereocenters. The maximum atomic E-state index is 12.7. The third-order valence-corrected chi connectivity index (χ3v) is 3.63. The number of furan rings is 1. The lowest BCUT2D eigenvalue weighted by Crippen LogP contribution is -2.20. The Labute approximate surface area is 139 Å². The van der Waals surface area contributed by atoms with Crippen molar-refractivity contribution in [3.05, 3.63) is 45.6 Å². The lowest BCUT2D eigenvalue weighted by molar-refractivity contribution is -0.137. The minimum absolute atomic E-state index is 0.110. The van der Waals surface area contributed by atoms with Gasteiger partial charge >= 0.3 is 6.18 Å². The highest BCUT2D eigenvalue weighted by molar-refractivity contribution is 6.39. The molecule has 124 valence electrons. The number of halogens is 5. The summed E-state index contributed by atoms with van der Waals surface area (Å²) in [5, 5.41) is -0.427. The molecule has 1 amide bonds. The molecule has 4 nitrogen and oxygen atoms in total. The Balaban J connectivity index is 2.40. The van der Waals surface area contributed by atoms with Crippen molar-refractivity contribution >= 4 is 29.1 Å². The monoisotopic (exact) mass is 366 g/mol. The molecule has 4 N–H and O–H groups in total. The van der Waals surface area contributed by atoms with Gasteiger partial charge in [0.2, 0.25) is 5.91 Å². The summed E-state index contributed by atoms with van der Waals surface area (Å²) in [4.78, 5) is 10.9. The first-order valence-corrected chi connectivity index (χ1v) is 7.05. The molecule has 1 unspecified atom stereocenters. The smallest absolute Gasteiger partial charge is 0.416 e. The highest BCUT2D eigenvalue weighted by Crippen LogP contribution is 2.41. The van der Waals surface area contributed by atoms with Gasteiger partial charge in [0, 0.05) is 6.42 Å². The molecule has 0 aliphatic heterocycles. The SMILES string of the molecule is NC(=O)CC(N)c1ccc(-c2c(Cl)cc(C(F)(F)F)cc2Cl)o1. The van der Waals surface area contributed by atoms with Crippen LogP contribution in [0.1, 0.15) is 23.8 Å². The summed E-state index contributed by atoms with van der Waals surface area (Å²) in [6, 6.07) is 3.68. The van der Waals surface area contributed by atoms with Crippen LogP contribution in [0.2, 0.25) is 10.0 Å². The third kappa shape index (κ3) is 3.99. The molecule has 0 radical (unpaired) electrons. The van der Waals surface area contributed by atoms with E-state index in [1.54, 1.807) is 0 Å². The van der Waals surface area contributed by atoms with E-state index in [-0.39, 0.29) is 33.6 Å². The minimum atomic E-state index is -4.57. The molecule has 1 aromatic heterocycles. The summed E-state index contributed by atoms with van der Waals surface area (Å²) < 4.78 is 43.6. The van der Waals surface area contributed by atoms with Crippen LogP contribution >= 0.6 is 23.2 Å². The van der Waals surface area contributed by atoms with Crippen molar-refractivity contribution < 1.29 is 22.4 Å². The van der Waals surface area contributed by atoms with Crippen LogP contribution in [-0.2, 0) is 11.0 Å². The second kappa shape index (κ2) is 6.43. The predicted octanol–water partition coefficient (Wildman–Crippen LogP) is 4.15. The van der Waals surface area contributed by atoms with Crippen molar-refractivity contribution in [2.75, 3.05) is 0 Å². The Morgan fingerprint density at radius 2 is 1.78 bits per heavy atom. The van der Waals surface area contributed by atoms with E-state index in [2.05, 4.69) is 0 Å². The molecule has 0 aliphatic rings. The van der Waals surface area contributed by atoms with Gasteiger partial charge in [-0.1, -0.05) is 23.2 Å². The number of hydrogen-bond acceptors (Lipinski definition) is 3. The number of amides is 1. The zero-order valence-electron chi connectivity index (χ0n) is 11.5. The number of carbonyl (C=O) groups excluding carboxylic acids is 1. The van der Waals surface area contributed by atoms with E-state index < -0.39 is 23.7 Å². The van der Waals surface area contributed by atoms with Crippen molar-refractivity contribution in [2.24, 2.45) is 11.5 Å². The normalized spacial score (nSPS) is 13.1. The van der Waals surface area contributed by atoms with E-state index >= 15 is 0 Å². The van der Waals surface area contributed by atoms with Crippen molar-refractivity contribution in [3.8, 4) is 11.3 Å². The molecule has 2 aromatic rings. The maximum Gasteiger partial charge on any atom is 0.416 e. The van der Waals surface area contributed by atoms with Crippen LogP contribution in [-0.4, -0.2) is 5.91 Å². The number of alkyl halides is 3. The van der Waals surface area contributed by atoms with E-state index in [0.29, 0.717) is 0 Å². The molecule has 0 bridgehead atoms. The topological polar surface area (TPSA) is 82.2 Å². The number of hydrogen-bond donors (Lipinski definition) is 2. The average Bonchev–Trinajstić information content (AvgIpc) is 2.85. The van der Waals surface area contributed by atoms with Crippen LogP contribution in [0.25, 0.3) is 11.3 Å². The molecule has 0 fully saturated rings. The fourth-order valence-electron chi connectivity index (χ4n) is 1.98. The van der Waals surface area contributed by atoms with Gasteiger partial charge in [-0.05, 0) is 24.3 Å². The Hall–Kier alpha value is -1.70. The molecule has 23 heavy (non-hydrogen) atoms. The molecule has 9 heteroatoms. The lowest BCUT2D eigenvalue weighted by Gasteiger charge is -2.11. The number of carbonyl (C=O) groups is 1. The number of nitrogens with two attached hydrogens (primary N) is 2. The van der Waals surface area contributed by atoms with Crippen LogP contribution in [0, 0.1) is 0 Å². The molecule has 0 saturated heterocycles. The van der Waals surface area contributed by atoms with Gasteiger partial charge in [0.05, 0.1) is 27.2 Å². The molecule has 0 aliphatic carbocycles. The van der Waals surface area contributed by atoms with Gasteiger partial charge in [-0.2, -0.15) is 13.2 Å². The summed E-state index contributed by atoms with van der Waals surface area (Å²) in [7, 11) is 0. The molecular formula is C14H11Cl2F3N2O2. The van der Waals surface area contributed by atoms with E-state index in [1.807, 2.05) is 0 Å². The largest absolute Gasteiger partial charge is 0.459 e. The van der Waals surface area contributed by atoms with Crippen molar-refractivity contribution in [3.63, 3.8) is 0 Å². The van der Waals surface area contributed by atoms with E-state index in [0.717, 1.165) is 12.1 Å². The summed E-state index contributed by atoms with van der Waals surface area (Å²) in [5.74, 6) is -0.226. The fourth-order valence-corrected chi connectivity index (χ4v) is 2.65. The van der Waals surface area contributed by atoms with E-state index in [9.17, 15) is 18.0 Å². The van der Waals surface area contributed by atoms with Crippen molar-refractivity contribution in [2.45, 2.75) is 18.6 Å². The lowest BCUT2D eigenvalue weighted by atomic mass is 10.1. The van der Waals surface area contributed by atoms with Crippen LogP contribution in [0.5, 0.6) is 0 Å². The molecule has 1 heterocycles. The first-order valence-electron chi connectivity index (χ1n) is 6.30. The second-order valence-corrected chi connectivity index (χ2v) is 5.61. The van der Waals surface area contributed by atoms with Crippen LogP contribution < -0.4 is 11.5 Å². The fraction of sp³-hybridized carbons (Fsp3) is 0.214. The highest BCUT2D eigenvalue weighted by atomic mass is 35.5. The van der Waals surface area contributed by atoms with E-state index in [1.165, 1.54) is 12.1 Å². The van der Waals surface area contributed by atoms with E-state index in [4.69, 9.17) is 39.1 Å². The van der Waals surface area contributed by atoms with Gasteiger partial charge < -0.3 is 15.9 Å². The molecule has 0 saturated carbocycles. The summed E-state index contributed by atoms with van der Waals surface area (Å²) in [5.41, 5.74) is 9.93. The van der Waals surface area contributed by atoms with Crippen LogP contribution in [0.15, 0.2) is 28.7 Å². The number of primary amides is 1. The van der Waals surface area contributed by atoms with Gasteiger partial charge in [0.25, 0.3) is 0 Å². The van der Waals surface area contributed by atoms with Crippen LogP contribution in [0.4, 0.5) is 13.2 Å². The number of rotatable bonds is 4. The van der Waals surface area contributed by atoms with Gasteiger partial charge in [0.15, 0.2) is 0 Å². The molecular weight excluding hydrogens is 356 g/mol. The predicted molar refractivity (Wildman–Crippen MR) is 79.9 cm³/mol. The summed E-state index contributed by atoms with van der Waals surface area (Å²) in [6.45, 7) is 0. The van der Waals surface area contributed by atoms with Crippen molar-refractivity contribution in [1.82, 2.24) is 0 Å². The van der Waals surface area contributed by atoms with Gasteiger partial charge in [0.1, 0.15) is 11.5 Å².